The van der Waals surface area contributed by atoms with Gasteiger partial charge >= 0.3 is 0 Å². The smallest absolute Gasteiger partial charge is 0.270 e. The number of aromatic amines is 1. The van der Waals surface area contributed by atoms with Gasteiger partial charge in [-0.3, -0.25) is 4.79 Å². The Morgan fingerprint density at radius 3 is 2.54 bits per heavy atom. The minimum atomic E-state index is -0.0686. The molecule has 0 saturated carbocycles. The van der Waals surface area contributed by atoms with Crippen LogP contribution < -0.4 is 0 Å². The molecule has 3 heterocycles. The number of H-pyrrole nitrogens is 1. The number of aryl methyl sites for hydroxylation is 2. The molecule has 0 bridgehead atoms. The maximum Gasteiger partial charge on any atom is 0.270 e. The van der Waals surface area contributed by atoms with Gasteiger partial charge in [0.05, 0.1) is 13.2 Å². The standard InChI is InChI=1S/C19H24N2O3/c1-12-9-13(2)15-11-17(20-16(15)10-12)18(22)21-5-3-14(4-6-21)19-23-7-8-24-19/h9-11,14,19-20H,3-8H2,1-2H3. The SMILES string of the molecule is Cc1cc(C)c2cc(C(=O)N3CCC(C4OCCO4)CC3)[nH]c2c1. The fourth-order valence-corrected chi connectivity index (χ4v) is 3.91. The van der Waals surface area contributed by atoms with Gasteiger partial charge in [0.1, 0.15) is 5.69 Å². The zero-order valence-corrected chi connectivity index (χ0v) is 14.3. The number of piperidine rings is 1. The van der Waals surface area contributed by atoms with Crippen molar-refractivity contribution < 1.29 is 14.3 Å². The first kappa shape index (κ1) is 15.7. The van der Waals surface area contributed by atoms with Crippen LogP contribution in [0.4, 0.5) is 0 Å². The van der Waals surface area contributed by atoms with E-state index in [9.17, 15) is 4.79 Å². The van der Waals surface area contributed by atoms with Gasteiger partial charge in [-0.15, -0.1) is 0 Å². The van der Waals surface area contributed by atoms with Gasteiger partial charge in [-0.05, 0) is 49.9 Å². The largest absolute Gasteiger partial charge is 0.351 e. The third kappa shape index (κ3) is 2.82. The van der Waals surface area contributed by atoms with Crippen LogP contribution in [0.3, 0.4) is 0 Å². The van der Waals surface area contributed by atoms with Crippen LogP contribution in [0.5, 0.6) is 0 Å². The minimum absolute atomic E-state index is 0.0686. The molecule has 0 radical (unpaired) electrons. The lowest BCUT2D eigenvalue weighted by Crippen LogP contribution is -2.41. The monoisotopic (exact) mass is 328 g/mol. The number of carbonyl (C=O) groups is 1. The molecule has 2 saturated heterocycles. The maximum atomic E-state index is 12.8. The summed E-state index contributed by atoms with van der Waals surface area (Å²) in [5.41, 5.74) is 4.14. The molecule has 2 aliphatic rings. The Labute approximate surface area is 141 Å². The van der Waals surface area contributed by atoms with Crippen LogP contribution in [-0.2, 0) is 9.47 Å². The highest BCUT2D eigenvalue weighted by atomic mass is 16.7. The van der Waals surface area contributed by atoms with E-state index >= 15 is 0 Å². The van der Waals surface area contributed by atoms with Gasteiger partial charge in [-0.1, -0.05) is 6.07 Å². The number of nitrogens with zero attached hydrogens (tertiary/aromatic N) is 1. The summed E-state index contributed by atoms with van der Waals surface area (Å²) in [6.45, 7) is 7.08. The Kier molecular flexibility index (Phi) is 4.06. The van der Waals surface area contributed by atoms with Crippen LogP contribution >= 0.6 is 0 Å². The molecular weight excluding hydrogens is 304 g/mol. The van der Waals surface area contributed by atoms with Gasteiger partial charge in [0, 0.05) is 29.9 Å². The van der Waals surface area contributed by atoms with E-state index in [1.165, 1.54) is 11.1 Å². The molecule has 1 N–H and O–H groups in total. The molecule has 0 atom stereocenters. The lowest BCUT2D eigenvalue weighted by atomic mass is 9.96. The van der Waals surface area contributed by atoms with Crippen molar-refractivity contribution in [3.63, 3.8) is 0 Å². The Bertz CT molecular complexity index is 753. The van der Waals surface area contributed by atoms with Gasteiger partial charge in [0.25, 0.3) is 5.91 Å². The van der Waals surface area contributed by atoms with Gasteiger partial charge in [-0.2, -0.15) is 0 Å². The summed E-state index contributed by atoms with van der Waals surface area (Å²) in [6, 6.07) is 6.24. The molecule has 5 nitrogen and oxygen atoms in total. The van der Waals surface area contributed by atoms with Crippen LogP contribution in [0.2, 0.25) is 0 Å². The first-order valence-corrected chi connectivity index (χ1v) is 8.74. The number of amides is 1. The fraction of sp³-hybridized carbons (Fsp3) is 0.526. The van der Waals surface area contributed by atoms with Crippen molar-refractivity contribution >= 4 is 16.8 Å². The number of aromatic nitrogens is 1. The molecule has 0 spiro atoms. The third-order valence-electron chi connectivity index (χ3n) is 5.18. The Balaban J connectivity index is 1.47. The molecule has 1 amide bonds. The zero-order valence-electron chi connectivity index (χ0n) is 14.3. The van der Waals surface area contributed by atoms with Crippen LogP contribution in [0.15, 0.2) is 18.2 Å². The normalized spacial score (nSPS) is 20.2. The van der Waals surface area contributed by atoms with Crippen molar-refractivity contribution in [1.82, 2.24) is 9.88 Å². The van der Waals surface area contributed by atoms with Gasteiger partial charge in [0.15, 0.2) is 6.29 Å². The summed E-state index contributed by atoms with van der Waals surface area (Å²) in [5, 5.41) is 1.13. The van der Waals surface area contributed by atoms with Crippen LogP contribution in [0, 0.1) is 19.8 Å². The molecule has 128 valence electrons. The lowest BCUT2D eigenvalue weighted by Gasteiger charge is -2.33. The maximum absolute atomic E-state index is 12.8. The summed E-state index contributed by atoms with van der Waals surface area (Å²) < 4.78 is 11.2. The summed E-state index contributed by atoms with van der Waals surface area (Å²) in [4.78, 5) is 18.1. The second kappa shape index (κ2) is 6.22. The molecule has 0 aliphatic carbocycles. The molecule has 24 heavy (non-hydrogen) atoms. The summed E-state index contributed by atoms with van der Waals surface area (Å²) >= 11 is 0. The van der Waals surface area contributed by atoms with Crippen molar-refractivity contribution in [2.75, 3.05) is 26.3 Å². The molecule has 0 unspecified atom stereocenters. The summed E-state index contributed by atoms with van der Waals surface area (Å²) in [6.07, 6.45) is 1.81. The van der Waals surface area contributed by atoms with E-state index in [-0.39, 0.29) is 12.2 Å². The molecule has 2 aliphatic heterocycles. The first-order valence-electron chi connectivity index (χ1n) is 8.74. The van der Waals surface area contributed by atoms with E-state index in [1.54, 1.807) is 0 Å². The van der Waals surface area contributed by atoms with Crippen molar-refractivity contribution in [3.05, 3.63) is 35.0 Å². The van der Waals surface area contributed by atoms with Crippen molar-refractivity contribution in [1.29, 1.82) is 0 Å². The Morgan fingerprint density at radius 2 is 1.83 bits per heavy atom. The third-order valence-corrected chi connectivity index (χ3v) is 5.18. The number of hydrogen-bond acceptors (Lipinski definition) is 3. The molecule has 4 rings (SSSR count). The van der Waals surface area contributed by atoms with E-state index in [1.807, 2.05) is 11.0 Å². The van der Waals surface area contributed by atoms with Crippen molar-refractivity contribution in [3.8, 4) is 0 Å². The lowest BCUT2D eigenvalue weighted by molar-refractivity contribution is -0.0956. The minimum Gasteiger partial charge on any atom is -0.351 e. The molecule has 2 aromatic rings. The predicted molar refractivity (Wildman–Crippen MR) is 92.1 cm³/mol. The fourth-order valence-electron chi connectivity index (χ4n) is 3.91. The van der Waals surface area contributed by atoms with Crippen LogP contribution in [0.1, 0.15) is 34.5 Å². The predicted octanol–water partition coefficient (Wildman–Crippen LogP) is 3.01. The first-order chi connectivity index (χ1) is 11.6. The second-order valence-corrected chi connectivity index (χ2v) is 6.97. The number of nitrogens with one attached hydrogen (secondary N) is 1. The van der Waals surface area contributed by atoms with Crippen molar-refractivity contribution in [2.24, 2.45) is 5.92 Å². The number of likely N-dealkylation sites (tertiary alicyclic amines) is 1. The molecule has 1 aromatic heterocycles. The average molecular weight is 328 g/mol. The van der Waals surface area contributed by atoms with Crippen molar-refractivity contribution in [2.45, 2.75) is 33.0 Å². The highest BCUT2D eigenvalue weighted by molar-refractivity contribution is 5.99. The average Bonchev–Trinajstić information content (AvgIpc) is 3.24. The Hall–Kier alpha value is -1.85. The molecule has 1 aromatic carbocycles. The summed E-state index contributed by atoms with van der Waals surface area (Å²) in [5.74, 6) is 0.499. The van der Waals surface area contributed by atoms with E-state index < -0.39 is 0 Å². The molecular formula is C19H24N2O3. The van der Waals surface area contributed by atoms with Crippen LogP contribution in [0.25, 0.3) is 10.9 Å². The number of hydrogen-bond donors (Lipinski definition) is 1. The highest BCUT2D eigenvalue weighted by Crippen LogP contribution is 2.27. The number of carbonyl (C=O) groups excluding carboxylic acids is 1. The second-order valence-electron chi connectivity index (χ2n) is 6.97. The number of benzene rings is 1. The van der Waals surface area contributed by atoms with Crippen LogP contribution in [-0.4, -0.2) is 48.4 Å². The molecule has 5 heteroatoms. The number of rotatable bonds is 2. The summed E-state index contributed by atoms with van der Waals surface area (Å²) in [7, 11) is 0. The number of ether oxygens (including phenoxy) is 2. The Morgan fingerprint density at radius 1 is 1.12 bits per heavy atom. The van der Waals surface area contributed by atoms with E-state index in [2.05, 4.69) is 31.0 Å². The highest BCUT2D eigenvalue weighted by Gasteiger charge is 2.32. The topological polar surface area (TPSA) is 54.6 Å². The zero-order chi connectivity index (χ0) is 16.7. The number of fused-ring (bicyclic) bond motifs is 1. The van der Waals surface area contributed by atoms with Gasteiger partial charge < -0.3 is 19.4 Å². The van der Waals surface area contributed by atoms with Gasteiger partial charge in [-0.25, -0.2) is 0 Å². The quantitative estimate of drug-likeness (QED) is 0.922. The van der Waals surface area contributed by atoms with E-state index in [0.717, 1.165) is 36.8 Å². The van der Waals surface area contributed by atoms with E-state index in [4.69, 9.17) is 9.47 Å². The molecule has 2 fully saturated rings. The van der Waals surface area contributed by atoms with E-state index in [0.29, 0.717) is 24.8 Å². The van der Waals surface area contributed by atoms with Gasteiger partial charge in [0.2, 0.25) is 0 Å².